The van der Waals surface area contributed by atoms with Crippen LogP contribution in [0, 0.1) is 5.82 Å². The number of nitrogens with zero attached hydrogens (tertiary/aromatic N) is 1. The van der Waals surface area contributed by atoms with Crippen molar-refractivity contribution >= 4 is 17.3 Å². The molecule has 4 nitrogen and oxygen atoms in total. The Kier molecular flexibility index (Phi) is 3.71. The van der Waals surface area contributed by atoms with Gasteiger partial charge in [-0.25, -0.2) is 4.39 Å². The van der Waals surface area contributed by atoms with Crippen LogP contribution in [0.1, 0.15) is 12.5 Å². The number of nitrogens with two attached hydrogens (primary N) is 1. The van der Waals surface area contributed by atoms with Gasteiger partial charge in [0.15, 0.2) is 6.10 Å². The van der Waals surface area contributed by atoms with E-state index in [1.807, 2.05) is 6.92 Å². The summed E-state index contributed by atoms with van der Waals surface area (Å²) in [5.74, 6) is 0.170. The zero-order chi connectivity index (χ0) is 15.7. The number of ether oxygens (including phenoxy) is 1. The molecule has 0 radical (unpaired) electrons. The Labute approximate surface area is 128 Å². The number of rotatable bonds is 3. The quantitative estimate of drug-likeness (QED) is 0.887. The highest BCUT2D eigenvalue weighted by Gasteiger charge is 2.33. The smallest absolute Gasteiger partial charge is 0.268 e. The van der Waals surface area contributed by atoms with Crippen molar-refractivity contribution in [3.63, 3.8) is 0 Å². The largest absolute Gasteiger partial charge is 0.478 e. The molecule has 0 spiro atoms. The van der Waals surface area contributed by atoms with Gasteiger partial charge in [-0.1, -0.05) is 12.1 Å². The van der Waals surface area contributed by atoms with Gasteiger partial charge in [0.05, 0.1) is 5.69 Å². The molecule has 22 heavy (non-hydrogen) atoms. The van der Waals surface area contributed by atoms with Crippen LogP contribution < -0.4 is 15.4 Å². The number of hydrogen-bond acceptors (Lipinski definition) is 3. The molecule has 0 saturated carbocycles. The lowest BCUT2D eigenvalue weighted by molar-refractivity contribution is -0.126. The Morgan fingerprint density at radius 3 is 2.82 bits per heavy atom. The Bertz CT molecular complexity index is 718. The summed E-state index contributed by atoms with van der Waals surface area (Å²) in [6, 6.07) is 11.4. The number of amides is 1. The molecule has 0 aliphatic carbocycles. The number of benzene rings is 2. The zero-order valence-corrected chi connectivity index (χ0v) is 12.3. The summed E-state index contributed by atoms with van der Waals surface area (Å²) in [7, 11) is 0. The van der Waals surface area contributed by atoms with E-state index in [1.54, 1.807) is 35.2 Å². The van der Waals surface area contributed by atoms with E-state index in [2.05, 4.69) is 0 Å². The Hall–Kier alpha value is -2.56. The normalized spacial score (nSPS) is 17.1. The summed E-state index contributed by atoms with van der Waals surface area (Å²) >= 11 is 0. The predicted octanol–water partition coefficient (Wildman–Crippen LogP) is 2.76. The van der Waals surface area contributed by atoms with E-state index in [-0.39, 0.29) is 11.7 Å². The van der Waals surface area contributed by atoms with Crippen LogP contribution in [0.15, 0.2) is 42.5 Å². The lowest BCUT2D eigenvalue weighted by atomic mass is 10.0. The Morgan fingerprint density at radius 2 is 2.09 bits per heavy atom. The number of carbonyl (C=O) groups excluding carboxylic acids is 1. The minimum atomic E-state index is -0.655. The minimum absolute atomic E-state index is 0.134. The second-order valence-corrected chi connectivity index (χ2v) is 5.25. The molecule has 1 unspecified atom stereocenters. The van der Waals surface area contributed by atoms with E-state index in [0.29, 0.717) is 30.1 Å². The summed E-state index contributed by atoms with van der Waals surface area (Å²) in [6.07, 6.45) is -0.324. The average Bonchev–Trinajstić information content (AvgIpc) is 2.49. The van der Waals surface area contributed by atoms with Crippen molar-refractivity contribution in [2.45, 2.75) is 19.4 Å². The highest BCUT2D eigenvalue weighted by molar-refractivity contribution is 6.00. The van der Waals surface area contributed by atoms with Crippen LogP contribution in [-0.2, 0) is 11.2 Å². The number of hydrogen-bond donors (Lipinski definition) is 1. The molecule has 1 aliphatic rings. The summed E-state index contributed by atoms with van der Waals surface area (Å²) < 4.78 is 19.1. The molecule has 1 amide bonds. The van der Waals surface area contributed by atoms with Crippen LogP contribution in [0.2, 0.25) is 0 Å². The lowest BCUT2D eigenvalue weighted by Crippen LogP contribution is -2.46. The number of nitrogen functional groups attached to an aromatic ring is 1. The summed E-state index contributed by atoms with van der Waals surface area (Å²) in [4.78, 5) is 14.2. The monoisotopic (exact) mass is 300 g/mol. The summed E-state index contributed by atoms with van der Waals surface area (Å²) in [5.41, 5.74) is 7.78. The molecule has 5 heteroatoms. The van der Waals surface area contributed by atoms with Crippen LogP contribution in [0.3, 0.4) is 0 Å². The Balaban J connectivity index is 1.91. The third-order valence-corrected chi connectivity index (χ3v) is 3.71. The van der Waals surface area contributed by atoms with Crippen molar-refractivity contribution in [1.82, 2.24) is 0 Å². The minimum Gasteiger partial charge on any atom is -0.478 e. The molecule has 2 aromatic rings. The summed E-state index contributed by atoms with van der Waals surface area (Å²) in [5, 5.41) is 0. The van der Waals surface area contributed by atoms with Crippen LogP contribution >= 0.6 is 0 Å². The Morgan fingerprint density at radius 1 is 1.27 bits per heavy atom. The first kappa shape index (κ1) is 14.4. The molecule has 0 aromatic heterocycles. The van der Waals surface area contributed by atoms with Gasteiger partial charge in [0.1, 0.15) is 11.6 Å². The van der Waals surface area contributed by atoms with E-state index in [9.17, 15) is 9.18 Å². The number of fused-ring (bicyclic) bond motifs is 1. The predicted molar refractivity (Wildman–Crippen MR) is 83.4 cm³/mol. The molecule has 114 valence electrons. The van der Waals surface area contributed by atoms with Gasteiger partial charge in [0.2, 0.25) is 0 Å². The third kappa shape index (κ3) is 2.62. The lowest BCUT2D eigenvalue weighted by Gasteiger charge is -2.34. The van der Waals surface area contributed by atoms with E-state index in [1.165, 1.54) is 12.1 Å². The highest BCUT2D eigenvalue weighted by atomic mass is 19.1. The van der Waals surface area contributed by atoms with Crippen LogP contribution in [0.5, 0.6) is 5.75 Å². The standard InChI is InChI=1S/C17H17FN2O2/c1-2-20-14-10-13(19)6-7-15(14)22-16(17(20)21)9-11-4-3-5-12(18)8-11/h3-8,10,16H,2,9,19H2,1H3. The van der Waals surface area contributed by atoms with Crippen molar-refractivity contribution in [2.24, 2.45) is 0 Å². The van der Waals surface area contributed by atoms with Crippen LogP contribution in [-0.4, -0.2) is 18.6 Å². The molecule has 1 aliphatic heterocycles. The molecule has 0 fully saturated rings. The molecule has 1 atom stereocenters. The highest BCUT2D eigenvalue weighted by Crippen LogP contribution is 2.36. The van der Waals surface area contributed by atoms with E-state index in [4.69, 9.17) is 10.5 Å². The van der Waals surface area contributed by atoms with Gasteiger partial charge < -0.3 is 15.4 Å². The first-order chi connectivity index (χ1) is 10.6. The molecular weight excluding hydrogens is 283 g/mol. The van der Waals surface area contributed by atoms with Crippen molar-refractivity contribution in [3.8, 4) is 5.75 Å². The molecular formula is C17H17FN2O2. The van der Waals surface area contributed by atoms with Gasteiger partial charge in [-0.2, -0.15) is 0 Å². The molecule has 1 heterocycles. The maximum Gasteiger partial charge on any atom is 0.268 e. The van der Waals surface area contributed by atoms with Crippen molar-refractivity contribution < 1.29 is 13.9 Å². The molecule has 3 rings (SSSR count). The molecule has 2 N–H and O–H groups in total. The molecule has 2 aromatic carbocycles. The average molecular weight is 300 g/mol. The van der Waals surface area contributed by atoms with Crippen molar-refractivity contribution in [1.29, 1.82) is 0 Å². The van der Waals surface area contributed by atoms with Gasteiger partial charge in [0.25, 0.3) is 5.91 Å². The van der Waals surface area contributed by atoms with Gasteiger partial charge >= 0.3 is 0 Å². The number of anilines is 2. The van der Waals surface area contributed by atoms with Crippen molar-refractivity contribution in [2.75, 3.05) is 17.2 Å². The first-order valence-corrected chi connectivity index (χ1v) is 7.20. The number of carbonyl (C=O) groups is 1. The summed E-state index contributed by atoms with van der Waals surface area (Å²) in [6.45, 7) is 2.42. The van der Waals surface area contributed by atoms with E-state index < -0.39 is 6.10 Å². The second-order valence-electron chi connectivity index (χ2n) is 5.25. The topological polar surface area (TPSA) is 55.6 Å². The molecule has 0 bridgehead atoms. The fraction of sp³-hybridized carbons (Fsp3) is 0.235. The van der Waals surface area contributed by atoms with Gasteiger partial charge in [0, 0.05) is 18.7 Å². The first-order valence-electron chi connectivity index (χ1n) is 7.20. The van der Waals surface area contributed by atoms with E-state index in [0.717, 1.165) is 5.56 Å². The van der Waals surface area contributed by atoms with Crippen molar-refractivity contribution in [3.05, 3.63) is 53.8 Å². The fourth-order valence-electron chi connectivity index (χ4n) is 2.67. The van der Waals surface area contributed by atoms with E-state index >= 15 is 0 Å². The van der Waals surface area contributed by atoms with Gasteiger partial charge in [-0.15, -0.1) is 0 Å². The molecule has 0 saturated heterocycles. The maximum atomic E-state index is 13.3. The van der Waals surface area contributed by atoms with Gasteiger partial charge in [-0.05, 0) is 42.8 Å². The van der Waals surface area contributed by atoms with Gasteiger partial charge in [-0.3, -0.25) is 4.79 Å². The number of likely N-dealkylation sites (N-methyl/N-ethyl adjacent to an activating group) is 1. The third-order valence-electron chi connectivity index (χ3n) is 3.71. The number of halogens is 1. The second kappa shape index (κ2) is 5.67. The SMILES string of the molecule is CCN1C(=O)C(Cc2cccc(F)c2)Oc2ccc(N)cc21. The van der Waals surface area contributed by atoms with Crippen LogP contribution in [0.4, 0.5) is 15.8 Å². The maximum absolute atomic E-state index is 13.3. The van der Waals surface area contributed by atoms with Crippen LogP contribution in [0.25, 0.3) is 0 Å². The fourth-order valence-corrected chi connectivity index (χ4v) is 2.67. The zero-order valence-electron chi connectivity index (χ0n) is 12.3.